The second-order valence-corrected chi connectivity index (χ2v) is 6.00. The molecule has 0 aliphatic rings. The van der Waals surface area contributed by atoms with Crippen molar-refractivity contribution >= 4 is 56.4 Å². The minimum Gasteiger partial charge on any atom is -0.332 e. The van der Waals surface area contributed by atoms with Gasteiger partial charge >= 0.3 is 0 Å². The van der Waals surface area contributed by atoms with E-state index in [9.17, 15) is 9.59 Å². The minimum atomic E-state index is -0.287. The monoisotopic (exact) mass is 391 g/mol. The Morgan fingerprint density at radius 2 is 1.43 bits per heavy atom. The molecule has 0 fully saturated rings. The zero-order chi connectivity index (χ0) is 16.8. The van der Waals surface area contributed by atoms with Gasteiger partial charge < -0.3 is 10.6 Å². The second kappa shape index (κ2) is 7.85. The number of thiocarbonyl (C=S) groups is 1. The zero-order valence-electron chi connectivity index (χ0n) is 12.2. The summed E-state index contributed by atoms with van der Waals surface area (Å²) in [5.41, 5.74) is 1.91. The maximum Gasteiger partial charge on any atom is 0.257 e. The number of halogens is 1. The van der Waals surface area contributed by atoms with E-state index in [1.165, 1.54) is 6.92 Å². The molecular formula is C16H14BrN3O2S. The van der Waals surface area contributed by atoms with Gasteiger partial charge in [-0.2, -0.15) is 0 Å². The third kappa shape index (κ3) is 5.46. The summed E-state index contributed by atoms with van der Waals surface area (Å²) in [6.07, 6.45) is 0. The summed E-state index contributed by atoms with van der Waals surface area (Å²) in [7, 11) is 0. The van der Waals surface area contributed by atoms with Gasteiger partial charge in [0.25, 0.3) is 5.91 Å². The molecule has 0 aromatic heterocycles. The van der Waals surface area contributed by atoms with Gasteiger partial charge in [0.1, 0.15) is 0 Å². The first-order valence-electron chi connectivity index (χ1n) is 6.69. The van der Waals surface area contributed by atoms with Gasteiger partial charge in [-0.25, -0.2) is 0 Å². The topological polar surface area (TPSA) is 70.2 Å². The minimum absolute atomic E-state index is 0.136. The van der Waals surface area contributed by atoms with Gasteiger partial charge in [-0.1, -0.05) is 15.9 Å². The van der Waals surface area contributed by atoms with Gasteiger partial charge in [-0.3, -0.25) is 14.9 Å². The van der Waals surface area contributed by atoms with Crippen molar-refractivity contribution < 1.29 is 9.59 Å². The van der Waals surface area contributed by atoms with Crippen LogP contribution in [-0.2, 0) is 4.79 Å². The van der Waals surface area contributed by atoms with Crippen molar-refractivity contribution in [2.45, 2.75) is 6.92 Å². The maximum atomic E-state index is 12.0. The fraction of sp³-hybridized carbons (Fsp3) is 0.0625. The van der Waals surface area contributed by atoms with Crippen LogP contribution in [0, 0.1) is 0 Å². The maximum absolute atomic E-state index is 12.0. The standard InChI is InChI=1S/C16H14BrN3O2S/c1-10(21)18-13-6-8-14(9-7-13)19-16(23)20-15(22)11-2-4-12(17)5-3-11/h2-9H,1H3,(H,18,21)(H2,19,20,22,23). The predicted molar refractivity (Wildman–Crippen MR) is 98.6 cm³/mol. The highest BCUT2D eigenvalue weighted by atomic mass is 79.9. The van der Waals surface area contributed by atoms with Gasteiger partial charge in [0, 0.05) is 28.3 Å². The normalized spacial score (nSPS) is 9.83. The molecular weight excluding hydrogens is 378 g/mol. The van der Waals surface area contributed by atoms with E-state index in [-0.39, 0.29) is 16.9 Å². The summed E-state index contributed by atoms with van der Waals surface area (Å²) >= 11 is 8.43. The molecule has 0 saturated carbocycles. The molecule has 2 aromatic carbocycles. The van der Waals surface area contributed by atoms with Crippen molar-refractivity contribution in [3.63, 3.8) is 0 Å². The van der Waals surface area contributed by atoms with Gasteiger partial charge in [0.2, 0.25) is 5.91 Å². The Labute approximate surface area is 147 Å². The van der Waals surface area contributed by atoms with E-state index in [0.29, 0.717) is 16.9 Å². The van der Waals surface area contributed by atoms with Crippen LogP contribution in [0.25, 0.3) is 0 Å². The van der Waals surface area contributed by atoms with Crippen LogP contribution >= 0.6 is 28.1 Å². The van der Waals surface area contributed by atoms with Crippen molar-refractivity contribution in [1.29, 1.82) is 0 Å². The van der Waals surface area contributed by atoms with Crippen molar-refractivity contribution in [2.24, 2.45) is 0 Å². The average molecular weight is 392 g/mol. The first kappa shape index (κ1) is 17.1. The molecule has 5 nitrogen and oxygen atoms in total. The summed E-state index contributed by atoms with van der Waals surface area (Å²) in [5.74, 6) is -0.423. The summed E-state index contributed by atoms with van der Waals surface area (Å²) in [5, 5.41) is 8.39. The van der Waals surface area contributed by atoms with E-state index in [0.717, 1.165) is 4.47 Å². The van der Waals surface area contributed by atoms with Gasteiger partial charge in [-0.05, 0) is 60.7 Å². The first-order valence-corrected chi connectivity index (χ1v) is 7.90. The van der Waals surface area contributed by atoms with Crippen LogP contribution in [0.5, 0.6) is 0 Å². The van der Waals surface area contributed by atoms with Crippen LogP contribution in [0.4, 0.5) is 11.4 Å². The molecule has 23 heavy (non-hydrogen) atoms. The number of carbonyl (C=O) groups is 2. The number of carbonyl (C=O) groups excluding carboxylic acids is 2. The predicted octanol–water partition coefficient (Wildman–Crippen LogP) is 3.53. The van der Waals surface area contributed by atoms with Crippen LogP contribution in [0.1, 0.15) is 17.3 Å². The van der Waals surface area contributed by atoms with Gasteiger partial charge in [0.05, 0.1) is 0 Å². The van der Waals surface area contributed by atoms with Crippen LogP contribution in [0.2, 0.25) is 0 Å². The van der Waals surface area contributed by atoms with Crippen molar-refractivity contribution in [1.82, 2.24) is 5.32 Å². The van der Waals surface area contributed by atoms with E-state index in [4.69, 9.17) is 12.2 Å². The molecule has 118 valence electrons. The van der Waals surface area contributed by atoms with Crippen LogP contribution in [0.15, 0.2) is 53.0 Å². The van der Waals surface area contributed by atoms with Gasteiger partial charge in [0.15, 0.2) is 5.11 Å². The number of anilines is 2. The Kier molecular flexibility index (Phi) is 5.84. The summed E-state index contributed by atoms with van der Waals surface area (Å²) in [6.45, 7) is 1.44. The molecule has 0 bridgehead atoms. The molecule has 3 N–H and O–H groups in total. The summed E-state index contributed by atoms with van der Waals surface area (Å²) in [6, 6.07) is 13.9. The lowest BCUT2D eigenvalue weighted by Crippen LogP contribution is -2.34. The molecule has 0 heterocycles. The number of nitrogens with one attached hydrogen (secondary N) is 3. The zero-order valence-corrected chi connectivity index (χ0v) is 14.6. The summed E-state index contributed by atoms with van der Waals surface area (Å²) < 4.78 is 0.897. The molecule has 2 rings (SSSR count). The highest BCUT2D eigenvalue weighted by molar-refractivity contribution is 9.10. The quantitative estimate of drug-likeness (QED) is 0.699. The molecule has 2 aromatic rings. The average Bonchev–Trinajstić information content (AvgIpc) is 2.49. The lowest BCUT2D eigenvalue weighted by atomic mass is 10.2. The lowest BCUT2D eigenvalue weighted by Gasteiger charge is -2.10. The summed E-state index contributed by atoms with van der Waals surface area (Å²) in [4.78, 5) is 23.0. The highest BCUT2D eigenvalue weighted by Gasteiger charge is 2.07. The molecule has 0 aliphatic carbocycles. The van der Waals surface area contributed by atoms with Gasteiger partial charge in [-0.15, -0.1) is 0 Å². The Bertz CT molecular complexity index is 730. The molecule has 0 radical (unpaired) electrons. The smallest absolute Gasteiger partial charge is 0.257 e. The molecule has 7 heteroatoms. The molecule has 0 spiro atoms. The molecule has 2 amide bonds. The molecule has 0 saturated heterocycles. The van der Waals surface area contributed by atoms with Crippen molar-refractivity contribution in [3.8, 4) is 0 Å². The molecule has 0 aliphatic heterocycles. The Morgan fingerprint density at radius 1 is 0.913 bits per heavy atom. The number of benzene rings is 2. The molecule has 0 unspecified atom stereocenters. The van der Waals surface area contributed by atoms with E-state index in [1.54, 1.807) is 48.5 Å². The van der Waals surface area contributed by atoms with E-state index in [2.05, 4.69) is 31.9 Å². The molecule has 0 atom stereocenters. The van der Waals surface area contributed by atoms with Crippen LogP contribution < -0.4 is 16.0 Å². The first-order chi connectivity index (χ1) is 10.9. The number of amides is 2. The van der Waals surface area contributed by atoms with Crippen molar-refractivity contribution in [2.75, 3.05) is 10.6 Å². The van der Waals surface area contributed by atoms with Crippen LogP contribution in [-0.4, -0.2) is 16.9 Å². The third-order valence-corrected chi connectivity index (χ3v) is 3.53. The largest absolute Gasteiger partial charge is 0.332 e. The lowest BCUT2D eigenvalue weighted by molar-refractivity contribution is -0.114. The Hall–Kier alpha value is -2.25. The van der Waals surface area contributed by atoms with E-state index < -0.39 is 0 Å². The fourth-order valence-corrected chi connectivity index (χ4v) is 2.25. The Morgan fingerprint density at radius 3 is 1.96 bits per heavy atom. The van der Waals surface area contributed by atoms with E-state index >= 15 is 0 Å². The fourth-order valence-electron chi connectivity index (χ4n) is 1.78. The van der Waals surface area contributed by atoms with Crippen molar-refractivity contribution in [3.05, 3.63) is 58.6 Å². The number of hydrogen-bond donors (Lipinski definition) is 3. The second-order valence-electron chi connectivity index (χ2n) is 4.67. The highest BCUT2D eigenvalue weighted by Crippen LogP contribution is 2.14. The SMILES string of the molecule is CC(=O)Nc1ccc(NC(=S)NC(=O)c2ccc(Br)cc2)cc1. The number of hydrogen-bond acceptors (Lipinski definition) is 3. The number of rotatable bonds is 3. The Balaban J connectivity index is 1.92. The van der Waals surface area contributed by atoms with E-state index in [1.807, 2.05) is 0 Å². The third-order valence-electron chi connectivity index (χ3n) is 2.80. The van der Waals surface area contributed by atoms with Crippen LogP contribution in [0.3, 0.4) is 0 Å².